The fourth-order valence-corrected chi connectivity index (χ4v) is 2.56. The Morgan fingerprint density at radius 1 is 1.14 bits per heavy atom. The molecule has 0 aromatic carbocycles. The molecule has 118 valence electrons. The van der Waals surface area contributed by atoms with E-state index in [4.69, 9.17) is 10.3 Å². The van der Waals surface area contributed by atoms with E-state index in [0.717, 1.165) is 50.5 Å². The molecule has 0 unspecified atom stereocenters. The normalized spacial score (nSPS) is 15.4. The molecule has 1 aliphatic rings. The van der Waals surface area contributed by atoms with E-state index in [0.29, 0.717) is 17.8 Å². The van der Waals surface area contributed by atoms with Gasteiger partial charge >= 0.3 is 0 Å². The molecule has 1 saturated heterocycles. The lowest BCUT2D eigenvalue weighted by Gasteiger charge is -2.34. The summed E-state index contributed by atoms with van der Waals surface area (Å²) in [4.78, 5) is 17.2. The largest absolute Gasteiger partial charge is 0.368 e. The lowest BCUT2D eigenvalue weighted by atomic mass is 10.3. The number of rotatable bonds is 4. The van der Waals surface area contributed by atoms with Gasteiger partial charge in [-0.05, 0) is 18.5 Å². The summed E-state index contributed by atoms with van der Waals surface area (Å²) in [6, 6.07) is 1.96. The minimum absolute atomic E-state index is 0.319. The van der Waals surface area contributed by atoms with E-state index in [1.165, 1.54) is 0 Å². The van der Waals surface area contributed by atoms with E-state index < -0.39 is 0 Å². The number of anilines is 3. The molecule has 2 aromatic heterocycles. The molecule has 22 heavy (non-hydrogen) atoms. The fraction of sp³-hybridized carbons (Fsp3) is 0.571. The van der Waals surface area contributed by atoms with Crippen molar-refractivity contribution >= 4 is 17.7 Å². The Balaban J connectivity index is 1.64. The number of piperazine rings is 1. The van der Waals surface area contributed by atoms with Crippen molar-refractivity contribution in [3.05, 3.63) is 17.7 Å². The van der Waals surface area contributed by atoms with Crippen LogP contribution in [0.4, 0.5) is 17.7 Å². The molecule has 0 radical (unpaired) electrons. The van der Waals surface area contributed by atoms with Crippen LogP contribution in [0.1, 0.15) is 24.9 Å². The number of nitrogens with two attached hydrogens (primary N) is 1. The Bertz CT molecular complexity index is 614. The number of hydrogen-bond acceptors (Lipinski definition) is 8. The van der Waals surface area contributed by atoms with Crippen LogP contribution in [0.2, 0.25) is 0 Å². The molecular formula is C14H21N7O. The summed E-state index contributed by atoms with van der Waals surface area (Å²) in [5.74, 6) is 2.59. The van der Waals surface area contributed by atoms with Crippen LogP contribution in [0, 0.1) is 6.92 Å². The van der Waals surface area contributed by atoms with Gasteiger partial charge in [-0.25, -0.2) is 4.98 Å². The monoisotopic (exact) mass is 303 g/mol. The zero-order valence-corrected chi connectivity index (χ0v) is 13.0. The average molecular weight is 303 g/mol. The van der Waals surface area contributed by atoms with E-state index in [-0.39, 0.29) is 0 Å². The number of aromatic nitrogens is 4. The number of hydrogen-bond donors (Lipinski definition) is 1. The lowest BCUT2D eigenvalue weighted by molar-refractivity contribution is 0.376. The summed E-state index contributed by atoms with van der Waals surface area (Å²) < 4.78 is 5.25. The highest BCUT2D eigenvalue weighted by Crippen LogP contribution is 2.18. The molecule has 0 spiro atoms. The van der Waals surface area contributed by atoms with Gasteiger partial charge in [0.05, 0.1) is 0 Å². The second-order valence-corrected chi connectivity index (χ2v) is 5.44. The Labute approximate surface area is 129 Å². The standard InChI is InChI=1S/C14H21N7O/c1-3-4-12-18-14(19-22-12)21-7-5-20(6-8-21)11-9-10(2)16-13(15)17-11/h9H,3-8H2,1-2H3,(H2,15,16,17). The molecule has 0 atom stereocenters. The first-order valence-electron chi connectivity index (χ1n) is 7.59. The van der Waals surface area contributed by atoms with E-state index in [9.17, 15) is 0 Å². The SMILES string of the molecule is CCCc1nc(N2CCN(c3cc(C)nc(N)n3)CC2)no1. The first-order chi connectivity index (χ1) is 10.7. The maximum Gasteiger partial charge on any atom is 0.266 e. The van der Waals surface area contributed by atoms with Crippen LogP contribution in [0.5, 0.6) is 0 Å². The van der Waals surface area contributed by atoms with Gasteiger partial charge in [0.25, 0.3) is 5.95 Å². The molecule has 0 bridgehead atoms. The van der Waals surface area contributed by atoms with Crippen LogP contribution in [-0.4, -0.2) is 46.3 Å². The van der Waals surface area contributed by atoms with Crippen molar-refractivity contribution in [3.8, 4) is 0 Å². The van der Waals surface area contributed by atoms with Crippen molar-refractivity contribution < 1.29 is 4.52 Å². The molecule has 2 aromatic rings. The minimum Gasteiger partial charge on any atom is -0.368 e. The van der Waals surface area contributed by atoms with Gasteiger partial charge in [0.2, 0.25) is 11.8 Å². The van der Waals surface area contributed by atoms with Gasteiger partial charge in [0.15, 0.2) is 0 Å². The summed E-state index contributed by atoms with van der Waals surface area (Å²) in [5.41, 5.74) is 6.61. The molecule has 0 amide bonds. The van der Waals surface area contributed by atoms with E-state index in [1.807, 2.05) is 13.0 Å². The first-order valence-corrected chi connectivity index (χ1v) is 7.59. The Morgan fingerprint density at radius 3 is 2.55 bits per heavy atom. The maximum absolute atomic E-state index is 5.72. The molecule has 0 saturated carbocycles. The Hall–Kier alpha value is -2.38. The molecule has 1 fully saturated rings. The molecule has 8 nitrogen and oxygen atoms in total. The van der Waals surface area contributed by atoms with Gasteiger partial charge in [-0.2, -0.15) is 9.97 Å². The fourth-order valence-electron chi connectivity index (χ4n) is 2.56. The van der Waals surface area contributed by atoms with Crippen molar-refractivity contribution in [2.24, 2.45) is 0 Å². The van der Waals surface area contributed by atoms with Crippen molar-refractivity contribution in [1.82, 2.24) is 20.1 Å². The Kier molecular flexibility index (Phi) is 4.08. The summed E-state index contributed by atoms with van der Waals surface area (Å²) in [5, 5.41) is 4.06. The van der Waals surface area contributed by atoms with Gasteiger partial charge in [0.1, 0.15) is 5.82 Å². The molecular weight excluding hydrogens is 282 g/mol. The van der Waals surface area contributed by atoms with Crippen LogP contribution >= 0.6 is 0 Å². The predicted molar refractivity (Wildman–Crippen MR) is 83.9 cm³/mol. The van der Waals surface area contributed by atoms with E-state index in [1.54, 1.807) is 0 Å². The van der Waals surface area contributed by atoms with Gasteiger partial charge in [-0.15, -0.1) is 0 Å². The predicted octanol–water partition coefficient (Wildman–Crippen LogP) is 1.03. The molecule has 3 heterocycles. The smallest absolute Gasteiger partial charge is 0.266 e. The zero-order chi connectivity index (χ0) is 15.5. The highest BCUT2D eigenvalue weighted by Gasteiger charge is 2.22. The van der Waals surface area contributed by atoms with Crippen LogP contribution in [0.25, 0.3) is 0 Å². The third-order valence-corrected chi connectivity index (χ3v) is 3.67. The third kappa shape index (κ3) is 3.10. The van der Waals surface area contributed by atoms with Crippen LogP contribution in [0.3, 0.4) is 0 Å². The summed E-state index contributed by atoms with van der Waals surface area (Å²) in [6.45, 7) is 7.35. The lowest BCUT2D eigenvalue weighted by Crippen LogP contribution is -2.47. The van der Waals surface area contributed by atoms with Crippen molar-refractivity contribution in [2.45, 2.75) is 26.7 Å². The second kappa shape index (κ2) is 6.17. The van der Waals surface area contributed by atoms with Crippen molar-refractivity contribution in [1.29, 1.82) is 0 Å². The van der Waals surface area contributed by atoms with Gasteiger partial charge in [-0.3, -0.25) is 0 Å². The third-order valence-electron chi connectivity index (χ3n) is 3.67. The van der Waals surface area contributed by atoms with Crippen molar-refractivity contribution in [3.63, 3.8) is 0 Å². The molecule has 8 heteroatoms. The van der Waals surface area contributed by atoms with Gasteiger partial charge < -0.3 is 20.1 Å². The summed E-state index contributed by atoms with van der Waals surface area (Å²) in [6.07, 6.45) is 1.83. The highest BCUT2D eigenvalue weighted by atomic mass is 16.5. The van der Waals surface area contributed by atoms with Gasteiger partial charge in [-0.1, -0.05) is 6.92 Å². The maximum atomic E-state index is 5.72. The highest BCUT2D eigenvalue weighted by molar-refractivity contribution is 5.45. The topological polar surface area (TPSA) is 97.2 Å². The Morgan fingerprint density at radius 2 is 1.86 bits per heavy atom. The van der Waals surface area contributed by atoms with E-state index >= 15 is 0 Å². The van der Waals surface area contributed by atoms with Crippen LogP contribution in [-0.2, 0) is 6.42 Å². The molecule has 0 aliphatic carbocycles. The van der Waals surface area contributed by atoms with Crippen LogP contribution < -0.4 is 15.5 Å². The summed E-state index contributed by atoms with van der Waals surface area (Å²) in [7, 11) is 0. The molecule has 2 N–H and O–H groups in total. The first kappa shape index (κ1) is 14.6. The average Bonchev–Trinajstić information content (AvgIpc) is 2.95. The number of nitrogens with zero attached hydrogens (tertiary/aromatic N) is 6. The van der Waals surface area contributed by atoms with E-state index in [2.05, 4.69) is 36.8 Å². The van der Waals surface area contributed by atoms with Crippen molar-refractivity contribution in [2.75, 3.05) is 41.7 Å². The quantitative estimate of drug-likeness (QED) is 0.894. The summed E-state index contributed by atoms with van der Waals surface area (Å²) >= 11 is 0. The van der Waals surface area contributed by atoms with Gasteiger partial charge in [0, 0.05) is 44.4 Å². The molecule has 1 aliphatic heterocycles. The zero-order valence-electron chi connectivity index (χ0n) is 13.0. The minimum atomic E-state index is 0.319. The second-order valence-electron chi connectivity index (χ2n) is 5.44. The number of nitrogen functional groups attached to an aromatic ring is 1. The molecule has 3 rings (SSSR count). The van der Waals surface area contributed by atoms with Crippen LogP contribution in [0.15, 0.2) is 10.6 Å². The number of aryl methyl sites for hydroxylation is 2.